The lowest BCUT2D eigenvalue weighted by Crippen LogP contribution is -2.31. The second-order valence-electron chi connectivity index (χ2n) is 6.22. The molecule has 1 atom stereocenters. The van der Waals surface area contributed by atoms with Crippen LogP contribution in [0.2, 0.25) is 0 Å². The van der Waals surface area contributed by atoms with Gasteiger partial charge in [-0.1, -0.05) is 24.3 Å². The number of hydrogen-bond acceptors (Lipinski definition) is 2. The van der Waals surface area contributed by atoms with Crippen molar-refractivity contribution < 1.29 is 0 Å². The molecule has 0 amide bonds. The van der Waals surface area contributed by atoms with Crippen molar-refractivity contribution >= 4 is 0 Å². The molecule has 1 unspecified atom stereocenters. The Morgan fingerprint density at radius 3 is 2.79 bits per heavy atom. The van der Waals surface area contributed by atoms with Crippen molar-refractivity contribution in [2.45, 2.75) is 38.1 Å². The fraction of sp³-hybridized carbons (Fsp3) is 0.647. The number of benzene rings is 1. The van der Waals surface area contributed by atoms with E-state index in [1.165, 1.54) is 51.7 Å². The first-order valence-corrected chi connectivity index (χ1v) is 7.83. The van der Waals surface area contributed by atoms with Crippen molar-refractivity contribution in [3.05, 3.63) is 35.4 Å². The smallest absolute Gasteiger partial charge is 0.0350 e. The molecule has 0 aromatic heterocycles. The van der Waals surface area contributed by atoms with Crippen LogP contribution < -0.4 is 5.32 Å². The average Bonchev–Trinajstić information content (AvgIpc) is 2.90. The van der Waals surface area contributed by atoms with Gasteiger partial charge < -0.3 is 5.32 Å². The van der Waals surface area contributed by atoms with Crippen LogP contribution in [-0.2, 0) is 6.42 Å². The quantitative estimate of drug-likeness (QED) is 0.893. The summed E-state index contributed by atoms with van der Waals surface area (Å²) >= 11 is 0. The maximum atomic E-state index is 3.46. The Labute approximate surface area is 117 Å². The van der Waals surface area contributed by atoms with Crippen molar-refractivity contribution in [1.82, 2.24) is 10.2 Å². The second-order valence-corrected chi connectivity index (χ2v) is 6.22. The summed E-state index contributed by atoms with van der Waals surface area (Å²) in [6, 6.07) is 9.66. The van der Waals surface area contributed by atoms with Gasteiger partial charge >= 0.3 is 0 Å². The monoisotopic (exact) mass is 258 g/mol. The summed E-state index contributed by atoms with van der Waals surface area (Å²) in [7, 11) is 2.31. The van der Waals surface area contributed by atoms with Gasteiger partial charge in [-0.3, -0.25) is 4.90 Å². The molecular formula is C17H26N2. The Balaban J connectivity index is 1.55. The van der Waals surface area contributed by atoms with Crippen LogP contribution in [0.25, 0.3) is 0 Å². The lowest BCUT2D eigenvalue weighted by atomic mass is 9.94. The van der Waals surface area contributed by atoms with Crippen LogP contribution in [0.1, 0.15) is 42.9 Å². The zero-order chi connectivity index (χ0) is 13.1. The van der Waals surface area contributed by atoms with Gasteiger partial charge in [-0.25, -0.2) is 0 Å². The molecule has 1 aliphatic carbocycles. The summed E-state index contributed by atoms with van der Waals surface area (Å²) in [6.07, 6.45) is 6.68. The molecule has 0 radical (unpaired) electrons. The summed E-state index contributed by atoms with van der Waals surface area (Å²) in [5.74, 6) is 0.945. The molecule has 1 aliphatic heterocycles. The lowest BCUT2D eigenvalue weighted by Gasteiger charge is -2.29. The van der Waals surface area contributed by atoms with Crippen molar-refractivity contribution in [1.29, 1.82) is 0 Å². The maximum Gasteiger partial charge on any atom is 0.0350 e. The average molecular weight is 258 g/mol. The molecule has 2 nitrogen and oxygen atoms in total. The minimum atomic E-state index is 0.665. The summed E-state index contributed by atoms with van der Waals surface area (Å²) in [4.78, 5) is 2.59. The van der Waals surface area contributed by atoms with Crippen LogP contribution in [0.4, 0.5) is 0 Å². The molecule has 1 aromatic carbocycles. The van der Waals surface area contributed by atoms with Gasteiger partial charge in [-0.05, 0) is 75.8 Å². The largest absolute Gasteiger partial charge is 0.317 e. The number of aryl methyl sites for hydroxylation is 1. The predicted octanol–water partition coefficient (Wildman–Crippen LogP) is 3.00. The van der Waals surface area contributed by atoms with E-state index in [0.29, 0.717) is 6.04 Å². The van der Waals surface area contributed by atoms with E-state index in [-0.39, 0.29) is 0 Å². The van der Waals surface area contributed by atoms with Crippen molar-refractivity contribution in [3.63, 3.8) is 0 Å². The normalized spacial score (nSPS) is 23.8. The first kappa shape index (κ1) is 13.1. The molecular weight excluding hydrogens is 232 g/mol. The highest BCUT2D eigenvalue weighted by molar-refractivity contribution is 5.34. The van der Waals surface area contributed by atoms with Crippen LogP contribution >= 0.6 is 0 Å². The third-order valence-electron chi connectivity index (χ3n) is 4.98. The first-order valence-electron chi connectivity index (χ1n) is 7.83. The molecule has 1 saturated heterocycles. The maximum absolute atomic E-state index is 3.46. The number of nitrogens with one attached hydrogen (secondary N) is 1. The SMILES string of the molecule is CN(CCC1CCNCC1)C1CCc2ccccc21. The van der Waals surface area contributed by atoms with Crippen molar-refractivity contribution in [2.24, 2.45) is 5.92 Å². The van der Waals surface area contributed by atoms with Crippen molar-refractivity contribution in [2.75, 3.05) is 26.7 Å². The third kappa shape index (κ3) is 3.01. The molecule has 2 heteroatoms. The Hall–Kier alpha value is -0.860. The van der Waals surface area contributed by atoms with Gasteiger partial charge in [0, 0.05) is 6.04 Å². The highest BCUT2D eigenvalue weighted by Gasteiger charge is 2.25. The zero-order valence-corrected chi connectivity index (χ0v) is 12.1. The zero-order valence-electron chi connectivity index (χ0n) is 12.1. The van der Waals surface area contributed by atoms with E-state index in [4.69, 9.17) is 0 Å². The number of fused-ring (bicyclic) bond motifs is 1. The van der Waals surface area contributed by atoms with Crippen LogP contribution in [-0.4, -0.2) is 31.6 Å². The van der Waals surface area contributed by atoms with E-state index in [1.54, 1.807) is 11.1 Å². The standard InChI is InChI=1S/C17H26N2/c1-19(13-10-14-8-11-18-12-9-14)17-7-6-15-4-2-3-5-16(15)17/h2-5,14,17-18H,6-13H2,1H3. The molecule has 1 heterocycles. The molecule has 1 fully saturated rings. The summed E-state index contributed by atoms with van der Waals surface area (Å²) < 4.78 is 0. The van der Waals surface area contributed by atoms with E-state index in [0.717, 1.165) is 5.92 Å². The Bertz CT molecular complexity index is 409. The Morgan fingerprint density at radius 1 is 1.16 bits per heavy atom. The van der Waals surface area contributed by atoms with Crippen LogP contribution in [0.5, 0.6) is 0 Å². The highest BCUT2D eigenvalue weighted by atomic mass is 15.1. The summed E-state index contributed by atoms with van der Waals surface area (Å²) in [5.41, 5.74) is 3.15. The summed E-state index contributed by atoms with van der Waals surface area (Å²) in [5, 5.41) is 3.46. The molecule has 0 bridgehead atoms. The van der Waals surface area contributed by atoms with E-state index >= 15 is 0 Å². The minimum Gasteiger partial charge on any atom is -0.317 e. The van der Waals surface area contributed by atoms with E-state index in [1.807, 2.05) is 0 Å². The molecule has 19 heavy (non-hydrogen) atoms. The Morgan fingerprint density at radius 2 is 1.95 bits per heavy atom. The Kier molecular flexibility index (Phi) is 4.19. The predicted molar refractivity (Wildman–Crippen MR) is 80.3 cm³/mol. The molecule has 1 aromatic rings. The van der Waals surface area contributed by atoms with Gasteiger partial charge in [-0.2, -0.15) is 0 Å². The second kappa shape index (κ2) is 6.06. The topological polar surface area (TPSA) is 15.3 Å². The van der Waals surface area contributed by atoms with Crippen LogP contribution in [0.3, 0.4) is 0 Å². The molecule has 1 N–H and O–H groups in total. The van der Waals surface area contributed by atoms with Crippen molar-refractivity contribution in [3.8, 4) is 0 Å². The van der Waals surface area contributed by atoms with Gasteiger partial charge in [0.25, 0.3) is 0 Å². The molecule has 0 spiro atoms. The fourth-order valence-electron chi connectivity index (χ4n) is 3.70. The first-order chi connectivity index (χ1) is 9.34. The third-order valence-corrected chi connectivity index (χ3v) is 4.98. The minimum absolute atomic E-state index is 0.665. The van der Waals surface area contributed by atoms with Crippen LogP contribution in [0, 0.1) is 5.92 Å². The van der Waals surface area contributed by atoms with Gasteiger partial charge in [0.15, 0.2) is 0 Å². The van der Waals surface area contributed by atoms with Gasteiger partial charge in [-0.15, -0.1) is 0 Å². The van der Waals surface area contributed by atoms with Crippen LogP contribution in [0.15, 0.2) is 24.3 Å². The molecule has 0 saturated carbocycles. The number of piperidine rings is 1. The summed E-state index contributed by atoms with van der Waals surface area (Å²) in [6.45, 7) is 3.70. The molecule has 3 rings (SSSR count). The number of nitrogens with zero attached hydrogens (tertiary/aromatic N) is 1. The van der Waals surface area contributed by atoms with Gasteiger partial charge in [0.2, 0.25) is 0 Å². The van der Waals surface area contributed by atoms with E-state index in [9.17, 15) is 0 Å². The van der Waals surface area contributed by atoms with E-state index in [2.05, 4.69) is 41.5 Å². The van der Waals surface area contributed by atoms with E-state index < -0.39 is 0 Å². The fourth-order valence-corrected chi connectivity index (χ4v) is 3.70. The van der Waals surface area contributed by atoms with Gasteiger partial charge in [0.05, 0.1) is 0 Å². The molecule has 2 aliphatic rings. The number of hydrogen-bond donors (Lipinski definition) is 1. The lowest BCUT2D eigenvalue weighted by molar-refractivity contribution is 0.214. The number of rotatable bonds is 4. The highest BCUT2D eigenvalue weighted by Crippen LogP contribution is 2.35. The molecule has 104 valence electrons. The van der Waals surface area contributed by atoms with Gasteiger partial charge in [0.1, 0.15) is 0 Å².